The number of benzene rings is 1. The number of hydrogen-bond acceptors (Lipinski definition) is 6. The molecule has 1 heterocycles. The monoisotopic (exact) mass is 403 g/mol. The molecule has 0 spiro atoms. The molecule has 158 valence electrons. The van der Waals surface area contributed by atoms with Crippen molar-refractivity contribution >= 4 is 5.82 Å². The zero-order chi connectivity index (χ0) is 20.8. The van der Waals surface area contributed by atoms with E-state index in [-0.39, 0.29) is 30.8 Å². The molecule has 0 saturated heterocycles. The van der Waals surface area contributed by atoms with Crippen molar-refractivity contribution in [3.05, 3.63) is 53.5 Å². The number of aliphatic hydroxyl groups excluding tert-OH is 2. The number of methoxy groups -OCH3 is 1. The van der Waals surface area contributed by atoms with Crippen molar-refractivity contribution in [2.75, 3.05) is 25.6 Å². The summed E-state index contributed by atoms with van der Waals surface area (Å²) in [6, 6.07) is 9.48. The van der Waals surface area contributed by atoms with Crippen LogP contribution in [-0.2, 0) is 0 Å². The number of nitrogens with one attached hydrogen (secondary N) is 2. The minimum absolute atomic E-state index is 0.107. The summed E-state index contributed by atoms with van der Waals surface area (Å²) in [5.74, 6) is 1.06. The number of ether oxygens (including phenoxy) is 1. The maximum Gasteiger partial charge on any atom is 0.165 e. The Hall–Kier alpha value is -2.22. The zero-order valence-corrected chi connectivity index (χ0v) is 16.9. The molecule has 1 fully saturated rings. The maximum atomic E-state index is 13.6. The highest BCUT2D eigenvalue weighted by Gasteiger charge is 2.27. The summed E-state index contributed by atoms with van der Waals surface area (Å²) in [6.07, 6.45) is 4.29. The first-order valence-corrected chi connectivity index (χ1v) is 10.1. The molecule has 0 aliphatic heterocycles. The topological polar surface area (TPSA) is 86.6 Å². The van der Waals surface area contributed by atoms with Crippen LogP contribution in [0.5, 0.6) is 5.75 Å². The van der Waals surface area contributed by atoms with Gasteiger partial charge >= 0.3 is 0 Å². The number of aromatic nitrogens is 1. The van der Waals surface area contributed by atoms with Crippen LogP contribution >= 0.6 is 0 Å². The highest BCUT2D eigenvalue weighted by molar-refractivity contribution is 5.37. The highest BCUT2D eigenvalue weighted by atomic mass is 19.1. The molecule has 1 aromatic carbocycles. The van der Waals surface area contributed by atoms with E-state index in [9.17, 15) is 9.50 Å². The zero-order valence-electron chi connectivity index (χ0n) is 16.9. The lowest BCUT2D eigenvalue weighted by molar-refractivity contribution is 0.105. The second-order valence-electron chi connectivity index (χ2n) is 7.68. The van der Waals surface area contributed by atoms with Crippen molar-refractivity contribution < 1.29 is 19.3 Å². The molecule has 1 aromatic heterocycles. The third-order valence-corrected chi connectivity index (χ3v) is 5.58. The Morgan fingerprint density at radius 2 is 2.10 bits per heavy atom. The lowest BCUT2D eigenvalue weighted by Gasteiger charge is -2.21. The summed E-state index contributed by atoms with van der Waals surface area (Å²) in [5.41, 5.74) is 2.22. The summed E-state index contributed by atoms with van der Waals surface area (Å²) in [7, 11) is 1.48. The van der Waals surface area contributed by atoms with Gasteiger partial charge in [0.25, 0.3) is 0 Å². The average molecular weight is 403 g/mol. The molecular formula is C22H30FN3O3. The van der Waals surface area contributed by atoms with Gasteiger partial charge in [-0.3, -0.25) is 0 Å². The normalized spacial score (nSPS) is 21.0. The van der Waals surface area contributed by atoms with Crippen molar-refractivity contribution in [1.82, 2.24) is 10.3 Å². The van der Waals surface area contributed by atoms with E-state index in [0.29, 0.717) is 17.8 Å². The third kappa shape index (κ3) is 5.65. The number of aliphatic hydroxyl groups is 2. The second kappa shape index (κ2) is 10.0. The number of anilines is 1. The molecule has 1 aliphatic rings. The van der Waals surface area contributed by atoms with Crippen LogP contribution in [0.15, 0.2) is 36.5 Å². The molecule has 2 unspecified atom stereocenters. The first-order chi connectivity index (χ1) is 14.0. The van der Waals surface area contributed by atoms with E-state index in [1.807, 2.05) is 12.3 Å². The lowest BCUT2D eigenvalue weighted by Crippen LogP contribution is -2.29. The summed E-state index contributed by atoms with van der Waals surface area (Å²) in [4.78, 5) is 4.42. The molecule has 1 aliphatic carbocycles. The number of nitrogens with zero attached hydrogens (tertiary/aromatic N) is 1. The molecule has 7 heteroatoms. The minimum Gasteiger partial charge on any atom is -0.494 e. The van der Waals surface area contributed by atoms with Gasteiger partial charge in [0.15, 0.2) is 11.6 Å². The van der Waals surface area contributed by atoms with Crippen LogP contribution in [0, 0.1) is 5.82 Å². The van der Waals surface area contributed by atoms with Gasteiger partial charge in [-0.15, -0.1) is 0 Å². The van der Waals surface area contributed by atoms with Crippen LogP contribution in [0.1, 0.15) is 49.3 Å². The number of rotatable bonds is 9. The van der Waals surface area contributed by atoms with Crippen LogP contribution in [0.2, 0.25) is 0 Å². The van der Waals surface area contributed by atoms with Crippen LogP contribution < -0.4 is 15.4 Å². The standard InChI is InChI=1S/C22H30FN3O3/c1-14(15-4-7-20(23)21(10-15)29-2)26-18-6-3-16(9-18)17-5-8-22(24-11-17)25-12-19(28)13-27/h4-5,7-8,10-11,14,16,18-19,26-28H,3,6,9,12-13H2,1-2H3,(H,24,25)/t14?,16-,18+,19?/m1/s1. The van der Waals surface area contributed by atoms with Crippen molar-refractivity contribution in [1.29, 1.82) is 0 Å². The summed E-state index contributed by atoms with van der Waals surface area (Å²) in [5, 5.41) is 24.9. The van der Waals surface area contributed by atoms with Gasteiger partial charge in [-0.05, 0) is 61.4 Å². The summed E-state index contributed by atoms with van der Waals surface area (Å²) in [6.45, 7) is 2.08. The fraction of sp³-hybridized carbons (Fsp3) is 0.500. The molecule has 2 aromatic rings. The largest absolute Gasteiger partial charge is 0.494 e. The molecular weight excluding hydrogens is 373 g/mol. The lowest BCUT2D eigenvalue weighted by atomic mass is 9.99. The van der Waals surface area contributed by atoms with Crippen molar-refractivity contribution in [2.24, 2.45) is 0 Å². The van der Waals surface area contributed by atoms with Crippen LogP contribution in [0.25, 0.3) is 0 Å². The Morgan fingerprint density at radius 3 is 2.79 bits per heavy atom. The Labute approximate surface area is 171 Å². The van der Waals surface area contributed by atoms with Gasteiger partial charge in [-0.25, -0.2) is 9.37 Å². The number of pyridine rings is 1. The molecule has 29 heavy (non-hydrogen) atoms. The van der Waals surface area contributed by atoms with Crippen molar-refractivity contribution in [2.45, 2.75) is 50.3 Å². The fourth-order valence-corrected chi connectivity index (χ4v) is 3.87. The smallest absolute Gasteiger partial charge is 0.165 e. The van der Waals surface area contributed by atoms with Crippen molar-refractivity contribution in [3.8, 4) is 5.75 Å². The summed E-state index contributed by atoms with van der Waals surface area (Å²) < 4.78 is 18.7. The first-order valence-electron chi connectivity index (χ1n) is 10.1. The first kappa shape index (κ1) is 21.5. The van der Waals surface area contributed by atoms with Crippen LogP contribution in [0.4, 0.5) is 10.2 Å². The van der Waals surface area contributed by atoms with Gasteiger partial charge < -0.3 is 25.6 Å². The van der Waals surface area contributed by atoms with E-state index < -0.39 is 6.10 Å². The summed E-state index contributed by atoms with van der Waals surface area (Å²) >= 11 is 0. The Morgan fingerprint density at radius 1 is 1.28 bits per heavy atom. The Balaban J connectivity index is 1.53. The molecule has 4 N–H and O–H groups in total. The predicted molar refractivity (Wildman–Crippen MR) is 111 cm³/mol. The second-order valence-corrected chi connectivity index (χ2v) is 7.68. The van der Waals surface area contributed by atoms with Gasteiger partial charge in [-0.2, -0.15) is 0 Å². The molecule has 0 radical (unpaired) electrons. The molecule has 6 nitrogen and oxygen atoms in total. The quantitative estimate of drug-likeness (QED) is 0.515. The van der Waals surface area contributed by atoms with E-state index in [1.165, 1.54) is 18.7 Å². The van der Waals surface area contributed by atoms with Crippen LogP contribution in [0.3, 0.4) is 0 Å². The predicted octanol–water partition coefficient (Wildman–Crippen LogP) is 2.98. The highest BCUT2D eigenvalue weighted by Crippen LogP contribution is 2.35. The molecule has 1 saturated carbocycles. The molecule has 3 rings (SSSR count). The molecule has 0 amide bonds. The van der Waals surface area contributed by atoms with Gasteiger partial charge in [0.2, 0.25) is 0 Å². The molecule has 0 bridgehead atoms. The van der Waals surface area contributed by atoms with E-state index in [2.05, 4.69) is 28.6 Å². The fourth-order valence-electron chi connectivity index (χ4n) is 3.87. The van der Waals surface area contributed by atoms with E-state index >= 15 is 0 Å². The number of halogens is 1. The Kier molecular flexibility index (Phi) is 7.41. The van der Waals surface area contributed by atoms with Crippen molar-refractivity contribution in [3.63, 3.8) is 0 Å². The third-order valence-electron chi connectivity index (χ3n) is 5.58. The SMILES string of the molecule is COc1cc(C(C)N[C@H]2CC[C@@H](c3ccc(NCC(O)CO)nc3)C2)ccc1F. The van der Waals surface area contributed by atoms with E-state index in [4.69, 9.17) is 9.84 Å². The van der Waals surface area contributed by atoms with Gasteiger partial charge in [0.1, 0.15) is 5.82 Å². The van der Waals surface area contributed by atoms with Crippen LogP contribution in [-0.4, -0.2) is 47.6 Å². The average Bonchev–Trinajstić information content (AvgIpc) is 3.21. The van der Waals surface area contributed by atoms with E-state index in [1.54, 1.807) is 12.1 Å². The minimum atomic E-state index is -0.791. The van der Waals surface area contributed by atoms with Gasteiger partial charge in [0.05, 0.1) is 19.8 Å². The number of hydrogen-bond donors (Lipinski definition) is 4. The Bertz CT molecular complexity index is 787. The van der Waals surface area contributed by atoms with Gasteiger partial charge in [-0.1, -0.05) is 12.1 Å². The maximum absolute atomic E-state index is 13.6. The molecule has 4 atom stereocenters. The van der Waals surface area contributed by atoms with Gasteiger partial charge in [0, 0.05) is 24.8 Å². The van der Waals surface area contributed by atoms with E-state index in [0.717, 1.165) is 24.8 Å².